The van der Waals surface area contributed by atoms with Crippen molar-refractivity contribution >= 4 is 22.9 Å². The number of likely N-dealkylation sites (tertiary alicyclic amines) is 2. The van der Waals surface area contributed by atoms with Crippen molar-refractivity contribution in [3.63, 3.8) is 0 Å². The fourth-order valence-electron chi connectivity index (χ4n) is 4.35. The minimum absolute atomic E-state index is 0.0249. The summed E-state index contributed by atoms with van der Waals surface area (Å²) in [4.78, 5) is 35.5. The summed E-state index contributed by atoms with van der Waals surface area (Å²) in [5.74, 6) is -0.610. The largest absolute Gasteiger partial charge is 0.481 e. The molecule has 2 N–H and O–H groups in total. The second-order valence-electron chi connectivity index (χ2n) is 7.47. The van der Waals surface area contributed by atoms with Crippen LogP contribution in [0.3, 0.4) is 0 Å². The molecule has 3 heterocycles. The summed E-state index contributed by atoms with van der Waals surface area (Å²) in [6, 6.07) is 4.33. The van der Waals surface area contributed by atoms with Crippen LogP contribution < -0.4 is 0 Å². The highest BCUT2D eigenvalue weighted by Crippen LogP contribution is 2.42. The Bertz CT molecular complexity index is 882. The van der Waals surface area contributed by atoms with Crippen LogP contribution in [-0.2, 0) is 16.0 Å². The number of hydrogen-bond donors (Lipinski definition) is 2. The highest BCUT2D eigenvalue weighted by atomic mass is 19.1. The molecule has 1 aromatic carbocycles. The maximum absolute atomic E-state index is 13.2. The number of hydrogen-bond acceptors (Lipinski definition) is 4. The zero-order chi connectivity index (χ0) is 18.5. The monoisotopic (exact) mass is 360 g/mol. The van der Waals surface area contributed by atoms with Crippen LogP contribution in [-0.4, -0.2) is 70.0 Å². The minimum atomic E-state index is -0.846. The van der Waals surface area contributed by atoms with Crippen molar-refractivity contribution in [3.05, 3.63) is 29.8 Å². The molecule has 1 amide bonds. The van der Waals surface area contributed by atoms with Gasteiger partial charge in [0.25, 0.3) is 0 Å². The number of nitrogens with one attached hydrogen (secondary N) is 1. The third-order valence-corrected chi connectivity index (χ3v) is 5.63. The molecule has 2 aromatic rings. The lowest BCUT2D eigenvalue weighted by Crippen LogP contribution is -2.41. The SMILES string of the molecule is CN1C[C@H]2CN(C(=O)CCc3nc4ccc(F)cc4[nH]3)C[C@@]2(C(=O)O)C1. The van der Waals surface area contributed by atoms with Gasteiger partial charge in [0.2, 0.25) is 5.91 Å². The molecular weight excluding hydrogens is 339 g/mol. The number of carboxylic acid groups (broad SMARTS) is 1. The minimum Gasteiger partial charge on any atom is -0.481 e. The van der Waals surface area contributed by atoms with Gasteiger partial charge in [-0.2, -0.15) is 0 Å². The summed E-state index contributed by atoms with van der Waals surface area (Å²) in [6.07, 6.45) is 0.664. The average Bonchev–Trinajstić information content (AvgIpc) is 3.22. The van der Waals surface area contributed by atoms with Crippen LogP contribution in [0.2, 0.25) is 0 Å². The molecule has 0 radical (unpaired) electrons. The van der Waals surface area contributed by atoms with Crippen molar-refractivity contribution in [1.82, 2.24) is 19.8 Å². The molecule has 138 valence electrons. The number of H-pyrrole nitrogens is 1. The van der Waals surface area contributed by atoms with Gasteiger partial charge in [0.05, 0.1) is 11.0 Å². The van der Waals surface area contributed by atoms with Crippen molar-refractivity contribution in [2.75, 3.05) is 33.2 Å². The number of halogens is 1. The molecule has 2 fully saturated rings. The molecule has 2 atom stereocenters. The van der Waals surface area contributed by atoms with Gasteiger partial charge < -0.3 is 19.9 Å². The summed E-state index contributed by atoms with van der Waals surface area (Å²) in [5, 5.41) is 9.69. The van der Waals surface area contributed by atoms with Gasteiger partial charge in [-0.05, 0) is 25.2 Å². The number of amides is 1. The van der Waals surface area contributed by atoms with E-state index >= 15 is 0 Å². The fourth-order valence-corrected chi connectivity index (χ4v) is 4.35. The van der Waals surface area contributed by atoms with E-state index in [4.69, 9.17) is 0 Å². The Labute approximate surface area is 149 Å². The molecule has 2 aliphatic rings. The van der Waals surface area contributed by atoms with Gasteiger partial charge in [-0.15, -0.1) is 0 Å². The van der Waals surface area contributed by atoms with Crippen molar-refractivity contribution in [1.29, 1.82) is 0 Å². The lowest BCUT2D eigenvalue weighted by molar-refractivity contribution is -0.149. The standard InChI is InChI=1S/C18H21FN4O3/c1-22-7-11-8-23(10-18(11,9-22)17(25)26)16(24)5-4-15-20-13-3-2-12(19)6-14(13)21-15/h2-3,6,11H,4-5,7-10H2,1H3,(H,20,21)(H,25,26)/t11-,18-/m0/s1. The molecule has 2 aliphatic heterocycles. The van der Waals surface area contributed by atoms with E-state index in [1.807, 2.05) is 11.9 Å². The smallest absolute Gasteiger partial charge is 0.313 e. The number of aromatic amines is 1. The Morgan fingerprint density at radius 3 is 2.92 bits per heavy atom. The van der Waals surface area contributed by atoms with Gasteiger partial charge >= 0.3 is 5.97 Å². The lowest BCUT2D eigenvalue weighted by Gasteiger charge is -2.24. The zero-order valence-electron chi connectivity index (χ0n) is 14.5. The average molecular weight is 360 g/mol. The Balaban J connectivity index is 1.42. The molecule has 0 saturated carbocycles. The number of fused-ring (bicyclic) bond motifs is 2. The molecular formula is C18H21FN4O3. The first kappa shape index (κ1) is 17.0. The predicted octanol–water partition coefficient (Wildman–Crippen LogP) is 1.11. The maximum Gasteiger partial charge on any atom is 0.313 e. The molecule has 4 rings (SSSR count). The highest BCUT2D eigenvalue weighted by molar-refractivity contribution is 5.82. The molecule has 0 spiro atoms. The molecule has 0 bridgehead atoms. The van der Waals surface area contributed by atoms with E-state index < -0.39 is 11.4 Å². The van der Waals surface area contributed by atoms with Gasteiger partial charge in [0.1, 0.15) is 17.1 Å². The number of nitrogens with zero attached hydrogens (tertiary/aromatic N) is 3. The van der Waals surface area contributed by atoms with E-state index in [2.05, 4.69) is 9.97 Å². The topological polar surface area (TPSA) is 89.5 Å². The third-order valence-electron chi connectivity index (χ3n) is 5.63. The Morgan fingerprint density at radius 1 is 1.38 bits per heavy atom. The van der Waals surface area contributed by atoms with E-state index in [1.165, 1.54) is 12.1 Å². The first-order valence-corrected chi connectivity index (χ1v) is 8.71. The van der Waals surface area contributed by atoms with Crippen LogP contribution in [0.5, 0.6) is 0 Å². The van der Waals surface area contributed by atoms with Crippen LogP contribution in [0.1, 0.15) is 12.2 Å². The summed E-state index contributed by atoms with van der Waals surface area (Å²) >= 11 is 0. The molecule has 7 nitrogen and oxygen atoms in total. The van der Waals surface area contributed by atoms with Gasteiger partial charge in [0, 0.05) is 44.9 Å². The number of aliphatic carboxylic acids is 1. The second kappa shape index (κ2) is 6.05. The van der Waals surface area contributed by atoms with Crippen LogP contribution in [0, 0.1) is 17.2 Å². The number of aromatic nitrogens is 2. The number of carbonyl (C=O) groups excluding carboxylic acids is 1. The molecule has 26 heavy (non-hydrogen) atoms. The Morgan fingerprint density at radius 2 is 2.19 bits per heavy atom. The van der Waals surface area contributed by atoms with E-state index in [1.54, 1.807) is 11.0 Å². The number of benzene rings is 1. The van der Waals surface area contributed by atoms with Gasteiger partial charge in [-0.1, -0.05) is 0 Å². The van der Waals surface area contributed by atoms with Crippen molar-refractivity contribution < 1.29 is 19.1 Å². The molecule has 0 unspecified atom stereocenters. The highest BCUT2D eigenvalue weighted by Gasteiger charge is 2.57. The van der Waals surface area contributed by atoms with Crippen LogP contribution in [0.4, 0.5) is 4.39 Å². The van der Waals surface area contributed by atoms with E-state index in [-0.39, 0.29) is 30.6 Å². The van der Waals surface area contributed by atoms with Crippen molar-refractivity contribution in [3.8, 4) is 0 Å². The maximum atomic E-state index is 13.2. The molecule has 8 heteroatoms. The summed E-state index contributed by atoms with van der Waals surface area (Å²) in [6.45, 7) is 1.93. The van der Waals surface area contributed by atoms with E-state index in [0.717, 1.165) is 0 Å². The quantitative estimate of drug-likeness (QED) is 0.853. The van der Waals surface area contributed by atoms with E-state index in [0.29, 0.717) is 42.9 Å². The van der Waals surface area contributed by atoms with Crippen LogP contribution >= 0.6 is 0 Å². The number of aryl methyl sites for hydroxylation is 1. The Hall–Kier alpha value is -2.48. The molecule has 1 aromatic heterocycles. The summed E-state index contributed by atoms with van der Waals surface area (Å²) in [5.41, 5.74) is 0.426. The Kier molecular flexibility index (Phi) is 3.95. The van der Waals surface area contributed by atoms with Gasteiger partial charge in [-0.25, -0.2) is 9.37 Å². The lowest BCUT2D eigenvalue weighted by atomic mass is 9.81. The second-order valence-corrected chi connectivity index (χ2v) is 7.47. The fraction of sp³-hybridized carbons (Fsp3) is 0.500. The van der Waals surface area contributed by atoms with Crippen LogP contribution in [0.25, 0.3) is 11.0 Å². The number of rotatable bonds is 4. The van der Waals surface area contributed by atoms with E-state index in [9.17, 15) is 19.1 Å². The molecule has 2 saturated heterocycles. The first-order chi connectivity index (χ1) is 12.4. The molecule has 0 aliphatic carbocycles. The zero-order valence-corrected chi connectivity index (χ0v) is 14.5. The number of carbonyl (C=O) groups is 2. The van der Waals surface area contributed by atoms with Crippen molar-refractivity contribution in [2.45, 2.75) is 12.8 Å². The van der Waals surface area contributed by atoms with Gasteiger partial charge in [-0.3, -0.25) is 9.59 Å². The normalized spacial score (nSPS) is 25.8. The summed E-state index contributed by atoms with van der Waals surface area (Å²) < 4.78 is 13.2. The van der Waals surface area contributed by atoms with Gasteiger partial charge in [0.15, 0.2) is 0 Å². The number of imidazole rings is 1. The predicted molar refractivity (Wildman–Crippen MR) is 92.0 cm³/mol. The first-order valence-electron chi connectivity index (χ1n) is 8.71. The van der Waals surface area contributed by atoms with Crippen LogP contribution in [0.15, 0.2) is 18.2 Å². The summed E-state index contributed by atoms with van der Waals surface area (Å²) in [7, 11) is 1.92. The van der Waals surface area contributed by atoms with Crippen molar-refractivity contribution in [2.24, 2.45) is 11.3 Å². The number of carboxylic acids is 1. The third kappa shape index (κ3) is 2.74.